The maximum absolute atomic E-state index is 14.0. The van der Waals surface area contributed by atoms with Crippen molar-refractivity contribution in [3.05, 3.63) is 34.9 Å². The lowest BCUT2D eigenvalue weighted by Gasteiger charge is -2.37. The van der Waals surface area contributed by atoms with Gasteiger partial charge in [-0.15, -0.1) is 0 Å². The fourth-order valence-corrected chi connectivity index (χ4v) is 3.94. The van der Waals surface area contributed by atoms with Gasteiger partial charge < -0.3 is 30.7 Å². The highest BCUT2D eigenvalue weighted by atomic mass is 16.6. The molecule has 1 rings (SSSR count). The van der Waals surface area contributed by atoms with Crippen LogP contribution in [0.15, 0.2) is 18.2 Å². The Morgan fingerprint density at radius 3 is 2.23 bits per heavy atom. The molecule has 218 valence electrons. The number of hydrogen-bond donors (Lipinski definition) is 3. The summed E-state index contributed by atoms with van der Waals surface area (Å²) >= 11 is 0. The Kier molecular flexibility index (Phi) is 12.9. The van der Waals surface area contributed by atoms with Crippen LogP contribution in [-0.4, -0.2) is 65.5 Å². The number of nitrogens with one attached hydrogen (secondary N) is 2. The molecule has 1 aromatic rings. The molecule has 0 aliphatic rings. The van der Waals surface area contributed by atoms with Gasteiger partial charge in [-0.25, -0.2) is 4.79 Å². The first-order chi connectivity index (χ1) is 18.1. The fraction of sp³-hybridized carbons (Fsp3) is 0.607. The Hall–Kier alpha value is -3.63. The summed E-state index contributed by atoms with van der Waals surface area (Å²) in [5.74, 6) is -2.17. The van der Waals surface area contributed by atoms with E-state index in [1.807, 2.05) is 32.0 Å². The van der Waals surface area contributed by atoms with E-state index in [4.69, 9.17) is 15.2 Å². The van der Waals surface area contributed by atoms with E-state index in [-0.39, 0.29) is 32.4 Å². The van der Waals surface area contributed by atoms with E-state index in [9.17, 15) is 24.0 Å². The van der Waals surface area contributed by atoms with Crippen LogP contribution >= 0.6 is 0 Å². The highest BCUT2D eigenvalue weighted by Crippen LogP contribution is 2.29. The van der Waals surface area contributed by atoms with Crippen molar-refractivity contribution < 1.29 is 33.4 Å². The molecule has 0 aromatic heterocycles. The van der Waals surface area contributed by atoms with Crippen LogP contribution in [0.3, 0.4) is 0 Å². The SMILES string of the molecule is CCOC(=O)CCNC(=O)C(c1cc(C)ccc1C)N(C(=O)C(CCC(N)=O)NC(=O)OC(C)(C)C)C(C)C. The Balaban J connectivity index is 3.48. The van der Waals surface area contributed by atoms with Gasteiger partial charge in [-0.1, -0.05) is 23.8 Å². The molecule has 11 heteroatoms. The number of esters is 1. The van der Waals surface area contributed by atoms with E-state index in [0.29, 0.717) is 5.56 Å². The number of ether oxygens (including phenoxy) is 2. The Morgan fingerprint density at radius 2 is 1.69 bits per heavy atom. The molecule has 0 spiro atoms. The van der Waals surface area contributed by atoms with Crippen molar-refractivity contribution in [2.24, 2.45) is 5.73 Å². The average Bonchev–Trinajstić information content (AvgIpc) is 2.80. The molecule has 4 N–H and O–H groups in total. The van der Waals surface area contributed by atoms with Crippen LogP contribution in [0.2, 0.25) is 0 Å². The second kappa shape index (κ2) is 15.1. The van der Waals surface area contributed by atoms with Crippen LogP contribution in [0.25, 0.3) is 0 Å². The summed E-state index contributed by atoms with van der Waals surface area (Å²) < 4.78 is 10.3. The zero-order chi connectivity index (χ0) is 29.9. The van der Waals surface area contributed by atoms with Crippen LogP contribution in [0, 0.1) is 13.8 Å². The van der Waals surface area contributed by atoms with Gasteiger partial charge in [0.2, 0.25) is 17.7 Å². The number of amides is 4. The standard InChI is InChI=1S/C28H44N4O7/c1-9-38-23(34)14-15-30-25(35)24(20-16-18(4)10-11-19(20)5)32(17(2)3)26(36)21(12-13-22(29)33)31-27(37)39-28(6,7)8/h10-11,16-17,21,24H,9,12-15H2,1-8H3,(H2,29,33)(H,30,35)(H,31,37). The maximum Gasteiger partial charge on any atom is 0.408 e. The first-order valence-electron chi connectivity index (χ1n) is 13.2. The Labute approximate surface area is 231 Å². The maximum atomic E-state index is 14.0. The van der Waals surface area contributed by atoms with E-state index >= 15 is 0 Å². The normalized spacial score (nSPS) is 12.7. The summed E-state index contributed by atoms with van der Waals surface area (Å²) in [6.07, 6.45) is -1.12. The number of rotatable bonds is 13. The van der Waals surface area contributed by atoms with Gasteiger partial charge in [0.05, 0.1) is 13.0 Å². The lowest BCUT2D eigenvalue weighted by Crippen LogP contribution is -2.55. The molecule has 0 bridgehead atoms. The molecule has 0 aliphatic heterocycles. The van der Waals surface area contributed by atoms with E-state index in [1.54, 1.807) is 41.5 Å². The summed E-state index contributed by atoms with van der Waals surface area (Å²) in [7, 11) is 0. The van der Waals surface area contributed by atoms with Crippen LogP contribution in [0.1, 0.15) is 83.5 Å². The van der Waals surface area contributed by atoms with Gasteiger partial charge in [-0.3, -0.25) is 19.2 Å². The van der Waals surface area contributed by atoms with Crippen molar-refractivity contribution in [1.82, 2.24) is 15.5 Å². The van der Waals surface area contributed by atoms with E-state index < -0.39 is 53.5 Å². The molecule has 0 heterocycles. The molecule has 0 radical (unpaired) electrons. The van der Waals surface area contributed by atoms with Crippen LogP contribution in [0.5, 0.6) is 0 Å². The minimum atomic E-state index is -1.19. The second-order valence-electron chi connectivity index (χ2n) is 10.7. The minimum Gasteiger partial charge on any atom is -0.466 e. The zero-order valence-electron chi connectivity index (χ0n) is 24.4. The van der Waals surface area contributed by atoms with Crippen LogP contribution in [-0.2, 0) is 28.7 Å². The molecule has 0 saturated heterocycles. The Bertz CT molecular complexity index is 1030. The predicted octanol–water partition coefficient (Wildman–Crippen LogP) is 2.81. The molecular weight excluding hydrogens is 504 g/mol. The average molecular weight is 549 g/mol. The van der Waals surface area contributed by atoms with Crippen LogP contribution < -0.4 is 16.4 Å². The first-order valence-corrected chi connectivity index (χ1v) is 13.2. The van der Waals surface area contributed by atoms with Crippen molar-refractivity contribution >= 4 is 29.8 Å². The summed E-state index contributed by atoms with van der Waals surface area (Å²) in [4.78, 5) is 65.0. The molecule has 1 aromatic carbocycles. The lowest BCUT2D eigenvalue weighted by molar-refractivity contribution is -0.146. The number of aryl methyl sites for hydroxylation is 2. The molecular formula is C28H44N4O7. The van der Waals surface area contributed by atoms with Crippen molar-refractivity contribution in [3.63, 3.8) is 0 Å². The lowest BCUT2D eigenvalue weighted by atomic mass is 9.94. The number of carbonyl (C=O) groups is 5. The molecule has 2 unspecified atom stereocenters. The molecule has 0 fully saturated rings. The molecule has 39 heavy (non-hydrogen) atoms. The zero-order valence-corrected chi connectivity index (χ0v) is 24.4. The fourth-order valence-electron chi connectivity index (χ4n) is 3.94. The monoisotopic (exact) mass is 548 g/mol. The van der Waals surface area contributed by atoms with Gasteiger partial charge in [0, 0.05) is 19.0 Å². The largest absolute Gasteiger partial charge is 0.466 e. The predicted molar refractivity (Wildman–Crippen MR) is 146 cm³/mol. The van der Waals surface area contributed by atoms with E-state index in [0.717, 1.165) is 11.1 Å². The minimum absolute atomic E-state index is 0.0143. The first kappa shape index (κ1) is 33.4. The second-order valence-corrected chi connectivity index (χ2v) is 10.7. The number of hydrogen-bond acceptors (Lipinski definition) is 7. The van der Waals surface area contributed by atoms with Gasteiger partial charge in [-0.2, -0.15) is 0 Å². The summed E-state index contributed by atoms with van der Waals surface area (Å²) in [6.45, 7) is 14.2. The smallest absolute Gasteiger partial charge is 0.408 e. The number of nitrogens with two attached hydrogens (primary N) is 1. The molecule has 2 atom stereocenters. The number of alkyl carbamates (subject to hydrolysis) is 1. The summed E-state index contributed by atoms with van der Waals surface area (Å²) in [5.41, 5.74) is 6.77. The van der Waals surface area contributed by atoms with Crippen molar-refractivity contribution in [3.8, 4) is 0 Å². The summed E-state index contributed by atoms with van der Waals surface area (Å²) in [6, 6.07) is 2.82. The van der Waals surface area contributed by atoms with Gasteiger partial charge in [0.15, 0.2) is 0 Å². The van der Waals surface area contributed by atoms with Crippen molar-refractivity contribution in [2.75, 3.05) is 13.2 Å². The Morgan fingerprint density at radius 1 is 1.05 bits per heavy atom. The van der Waals surface area contributed by atoms with Crippen molar-refractivity contribution in [1.29, 1.82) is 0 Å². The molecule has 4 amide bonds. The van der Waals surface area contributed by atoms with Crippen LogP contribution in [0.4, 0.5) is 4.79 Å². The van der Waals surface area contributed by atoms with Gasteiger partial charge >= 0.3 is 12.1 Å². The van der Waals surface area contributed by atoms with Gasteiger partial charge in [0.1, 0.15) is 17.7 Å². The summed E-state index contributed by atoms with van der Waals surface area (Å²) in [5, 5.41) is 5.30. The quantitative estimate of drug-likeness (QED) is 0.320. The molecule has 0 saturated carbocycles. The third kappa shape index (κ3) is 11.3. The molecule has 0 aliphatic carbocycles. The highest BCUT2D eigenvalue weighted by Gasteiger charge is 2.38. The number of carbonyl (C=O) groups excluding carboxylic acids is 5. The van der Waals surface area contributed by atoms with E-state index in [1.165, 1.54) is 4.90 Å². The van der Waals surface area contributed by atoms with Gasteiger partial charge in [-0.05, 0) is 72.9 Å². The van der Waals surface area contributed by atoms with E-state index in [2.05, 4.69) is 10.6 Å². The van der Waals surface area contributed by atoms with Gasteiger partial charge in [0.25, 0.3) is 0 Å². The molecule has 11 nitrogen and oxygen atoms in total. The third-order valence-electron chi connectivity index (χ3n) is 5.67. The number of primary amides is 1. The topological polar surface area (TPSA) is 157 Å². The number of nitrogens with zero attached hydrogens (tertiary/aromatic N) is 1. The number of benzene rings is 1. The highest BCUT2D eigenvalue weighted by molar-refractivity contribution is 5.93. The van der Waals surface area contributed by atoms with Crippen molar-refractivity contribution in [2.45, 2.75) is 98.4 Å². The third-order valence-corrected chi connectivity index (χ3v) is 5.67.